The highest BCUT2D eigenvalue weighted by Crippen LogP contribution is 2.44. The average Bonchev–Trinajstić information content (AvgIpc) is 2.67. The van der Waals surface area contributed by atoms with Crippen LogP contribution < -0.4 is 10.2 Å². The highest BCUT2D eigenvalue weighted by Gasteiger charge is 2.40. The Hall–Kier alpha value is -1.55. The number of nitrogens with zero attached hydrogens (tertiary/aromatic N) is 1. The van der Waals surface area contributed by atoms with Crippen LogP contribution in [0.1, 0.15) is 44.2 Å². The largest absolute Gasteiger partial charge is 0.378 e. The average molecular weight is 415 g/mol. The molecule has 0 bridgehead atoms. The molecule has 1 saturated heterocycles. The number of halogens is 1. The van der Waals surface area contributed by atoms with E-state index in [1.54, 1.807) is 0 Å². The van der Waals surface area contributed by atoms with Gasteiger partial charge in [0.1, 0.15) is 0 Å². The number of nitrogens with one attached hydrogen (secondary N) is 1. The summed E-state index contributed by atoms with van der Waals surface area (Å²) in [5.74, 6) is 0. The lowest BCUT2D eigenvalue weighted by Crippen LogP contribution is -2.43. The fourth-order valence-electron chi connectivity index (χ4n) is 4.57. The van der Waals surface area contributed by atoms with Crippen molar-refractivity contribution in [3.8, 4) is 0 Å². The molecule has 0 saturated carbocycles. The van der Waals surface area contributed by atoms with E-state index in [0.29, 0.717) is 0 Å². The maximum Gasteiger partial charge on any atom is 0.0631 e. The Morgan fingerprint density at radius 2 is 1.66 bits per heavy atom. The van der Waals surface area contributed by atoms with Crippen molar-refractivity contribution >= 4 is 17.3 Å². The van der Waals surface area contributed by atoms with E-state index in [0.717, 1.165) is 50.4 Å². The van der Waals surface area contributed by atoms with Gasteiger partial charge in [-0.25, -0.2) is 0 Å². The summed E-state index contributed by atoms with van der Waals surface area (Å²) in [5, 5.41) is 4.47. The summed E-state index contributed by atoms with van der Waals surface area (Å²) in [6.07, 6.45) is 4.43. The number of benzene rings is 2. The normalized spacial score (nSPS) is 21.1. The van der Waals surface area contributed by atoms with Gasteiger partial charge < -0.3 is 15.0 Å². The summed E-state index contributed by atoms with van der Waals surface area (Å²) in [4.78, 5) is 2.13. The highest BCUT2D eigenvalue weighted by molar-refractivity contribution is 6.30. The van der Waals surface area contributed by atoms with E-state index in [-0.39, 0.29) is 11.0 Å². The summed E-state index contributed by atoms with van der Waals surface area (Å²) < 4.78 is 6.04. The van der Waals surface area contributed by atoms with Crippen molar-refractivity contribution in [3.63, 3.8) is 0 Å². The van der Waals surface area contributed by atoms with Crippen molar-refractivity contribution in [3.05, 3.63) is 64.7 Å². The van der Waals surface area contributed by atoms with Gasteiger partial charge in [-0.2, -0.15) is 0 Å². The van der Waals surface area contributed by atoms with E-state index in [9.17, 15) is 0 Å². The zero-order valence-corrected chi connectivity index (χ0v) is 19.1. The molecule has 2 aromatic rings. The second-order valence-electron chi connectivity index (χ2n) is 9.33. The van der Waals surface area contributed by atoms with Crippen LogP contribution >= 0.6 is 11.6 Å². The Labute approximate surface area is 181 Å². The minimum absolute atomic E-state index is 0.0628. The van der Waals surface area contributed by atoms with Crippen molar-refractivity contribution < 1.29 is 4.74 Å². The lowest BCUT2D eigenvalue weighted by atomic mass is 9.68. The number of rotatable bonds is 8. The number of anilines is 1. The maximum atomic E-state index is 6.09. The molecule has 1 aliphatic rings. The molecular formula is C25H35ClN2O. The predicted octanol–water partition coefficient (Wildman–Crippen LogP) is 5.70. The second-order valence-corrected chi connectivity index (χ2v) is 9.76. The van der Waals surface area contributed by atoms with Crippen LogP contribution in [0.15, 0.2) is 48.5 Å². The van der Waals surface area contributed by atoms with Gasteiger partial charge >= 0.3 is 0 Å². The molecule has 1 heterocycles. The smallest absolute Gasteiger partial charge is 0.0631 e. The number of hydrogen-bond donors (Lipinski definition) is 1. The molecule has 1 fully saturated rings. The molecule has 0 amide bonds. The molecule has 1 atom stereocenters. The molecule has 1 aliphatic heterocycles. The molecule has 2 aromatic carbocycles. The fraction of sp³-hybridized carbons (Fsp3) is 0.520. The zero-order chi connectivity index (χ0) is 20.9. The first-order valence-electron chi connectivity index (χ1n) is 10.6. The van der Waals surface area contributed by atoms with Crippen molar-refractivity contribution in [2.45, 2.75) is 51.7 Å². The van der Waals surface area contributed by atoms with Gasteiger partial charge in [0.15, 0.2) is 0 Å². The van der Waals surface area contributed by atoms with Crippen molar-refractivity contribution in [1.29, 1.82) is 0 Å². The minimum Gasteiger partial charge on any atom is -0.378 e. The lowest BCUT2D eigenvalue weighted by Gasteiger charge is -2.45. The second kappa shape index (κ2) is 9.51. The van der Waals surface area contributed by atoms with Crippen molar-refractivity contribution in [2.24, 2.45) is 5.41 Å². The molecule has 1 N–H and O–H groups in total. The van der Waals surface area contributed by atoms with Gasteiger partial charge in [-0.3, -0.25) is 0 Å². The topological polar surface area (TPSA) is 24.5 Å². The molecular weight excluding hydrogens is 380 g/mol. The molecule has 0 aromatic heterocycles. The van der Waals surface area contributed by atoms with Gasteiger partial charge in [-0.05, 0) is 86.9 Å². The molecule has 29 heavy (non-hydrogen) atoms. The van der Waals surface area contributed by atoms with E-state index in [1.807, 2.05) is 12.1 Å². The van der Waals surface area contributed by atoms with E-state index in [2.05, 4.69) is 74.6 Å². The quantitative estimate of drug-likeness (QED) is 0.560. The minimum atomic E-state index is -0.0628. The monoisotopic (exact) mass is 414 g/mol. The van der Waals surface area contributed by atoms with Crippen LogP contribution in [0.25, 0.3) is 0 Å². The molecule has 0 radical (unpaired) electrons. The van der Waals surface area contributed by atoms with E-state index < -0.39 is 0 Å². The Morgan fingerprint density at radius 1 is 1.00 bits per heavy atom. The third kappa shape index (κ3) is 6.47. The van der Waals surface area contributed by atoms with Gasteiger partial charge in [0.2, 0.25) is 0 Å². The standard InChI is InChI=1S/C25H35ClN2O/c1-24(2)19-25(14-16-29-24,17-20-5-9-22(26)10-6-20)13-15-27-18-21-7-11-23(12-8-21)28(3)4/h5-12,27H,13-19H2,1-4H3/t25-/m0/s1. The Morgan fingerprint density at radius 3 is 2.28 bits per heavy atom. The first-order valence-corrected chi connectivity index (χ1v) is 11.0. The van der Waals surface area contributed by atoms with Crippen LogP contribution in [0.2, 0.25) is 5.02 Å². The predicted molar refractivity (Wildman–Crippen MR) is 124 cm³/mol. The summed E-state index contributed by atoms with van der Waals surface area (Å²) in [6.45, 7) is 7.21. The van der Waals surface area contributed by atoms with E-state index in [4.69, 9.17) is 16.3 Å². The molecule has 4 heteroatoms. The third-order valence-electron chi connectivity index (χ3n) is 6.03. The van der Waals surface area contributed by atoms with Crippen molar-refractivity contribution in [1.82, 2.24) is 5.32 Å². The molecule has 0 spiro atoms. The van der Waals surface area contributed by atoms with Gasteiger partial charge in [-0.15, -0.1) is 0 Å². The molecule has 3 rings (SSSR count). The van der Waals surface area contributed by atoms with Crippen molar-refractivity contribution in [2.75, 3.05) is 32.1 Å². The van der Waals surface area contributed by atoms with Crippen LogP contribution in [-0.2, 0) is 17.7 Å². The van der Waals surface area contributed by atoms with Gasteiger partial charge in [0.05, 0.1) is 5.60 Å². The number of hydrogen-bond acceptors (Lipinski definition) is 3. The van der Waals surface area contributed by atoms with E-state index >= 15 is 0 Å². The summed E-state index contributed by atoms with van der Waals surface area (Å²) in [6, 6.07) is 17.1. The lowest BCUT2D eigenvalue weighted by molar-refractivity contribution is -0.107. The fourth-order valence-corrected chi connectivity index (χ4v) is 4.70. The summed E-state index contributed by atoms with van der Waals surface area (Å²) in [5.41, 5.74) is 4.13. The molecule has 158 valence electrons. The van der Waals surface area contributed by atoms with Gasteiger partial charge in [-0.1, -0.05) is 35.9 Å². The van der Waals surface area contributed by atoms with Crippen LogP contribution in [0.5, 0.6) is 0 Å². The number of ether oxygens (including phenoxy) is 1. The van der Waals surface area contributed by atoms with E-state index in [1.165, 1.54) is 16.8 Å². The van der Waals surface area contributed by atoms with Crippen LogP contribution in [-0.4, -0.2) is 32.8 Å². The Bertz CT molecular complexity index is 770. The zero-order valence-electron chi connectivity index (χ0n) is 18.3. The Kier molecular flexibility index (Phi) is 7.26. The Balaban J connectivity index is 1.60. The van der Waals surface area contributed by atoms with Crippen LogP contribution in [0.3, 0.4) is 0 Å². The van der Waals surface area contributed by atoms with Crippen LogP contribution in [0.4, 0.5) is 5.69 Å². The molecule has 0 unspecified atom stereocenters. The van der Waals surface area contributed by atoms with Crippen LogP contribution in [0, 0.1) is 5.41 Å². The summed E-state index contributed by atoms with van der Waals surface area (Å²) in [7, 11) is 4.14. The molecule has 3 nitrogen and oxygen atoms in total. The van der Waals surface area contributed by atoms with Gasteiger partial charge in [0.25, 0.3) is 0 Å². The first-order chi connectivity index (χ1) is 13.8. The SMILES string of the molecule is CN(C)c1ccc(CNCC[C@@]2(Cc3ccc(Cl)cc3)CCOC(C)(C)C2)cc1. The third-order valence-corrected chi connectivity index (χ3v) is 6.28. The maximum absolute atomic E-state index is 6.09. The molecule has 0 aliphatic carbocycles. The highest BCUT2D eigenvalue weighted by atomic mass is 35.5. The summed E-state index contributed by atoms with van der Waals surface area (Å²) >= 11 is 6.09. The van der Waals surface area contributed by atoms with Gasteiger partial charge in [0, 0.05) is 38.0 Å². The first kappa shape index (κ1) is 22.1.